The standard InChI is InChI=1S/C27H20O2/c1-27(2,3)24-25(28)19-12-10-17-15-8-4-6-14-7-5-9-16(21(14)15)18-11-13-20(26(24)29)23(19)22(17)18/h4-13,24H,1-3H3. The van der Waals surface area contributed by atoms with Crippen LogP contribution in [0.2, 0.25) is 0 Å². The van der Waals surface area contributed by atoms with Crippen molar-refractivity contribution in [1.29, 1.82) is 0 Å². The number of carbonyl (C=O) groups is 2. The molecule has 0 saturated heterocycles. The van der Waals surface area contributed by atoms with Crippen LogP contribution in [0, 0.1) is 11.3 Å². The Balaban J connectivity index is 1.87. The molecule has 0 saturated carbocycles. The number of hydrogen-bond acceptors (Lipinski definition) is 2. The largest absolute Gasteiger partial charge is 0.293 e. The number of benzene rings is 5. The highest BCUT2D eigenvalue weighted by Gasteiger charge is 2.43. The van der Waals surface area contributed by atoms with Gasteiger partial charge >= 0.3 is 0 Å². The SMILES string of the molecule is CC(C)(C)C1C(=O)c2ccc3c4cccc5cccc(c6ccc(c2c36)C1=O)c54. The summed E-state index contributed by atoms with van der Waals surface area (Å²) >= 11 is 0. The van der Waals surface area contributed by atoms with Crippen molar-refractivity contribution in [2.75, 3.05) is 0 Å². The molecule has 5 aromatic rings. The first-order chi connectivity index (χ1) is 13.9. The first-order valence-electron chi connectivity index (χ1n) is 10.1. The van der Waals surface area contributed by atoms with Crippen LogP contribution in [-0.4, -0.2) is 11.6 Å². The van der Waals surface area contributed by atoms with Crippen LogP contribution in [-0.2, 0) is 0 Å². The second kappa shape index (κ2) is 5.21. The summed E-state index contributed by atoms with van der Waals surface area (Å²) in [5.41, 5.74) is 0.962. The lowest BCUT2D eigenvalue weighted by molar-refractivity contribution is 0.0689. The van der Waals surface area contributed by atoms with Gasteiger partial charge in [0.15, 0.2) is 11.6 Å². The molecule has 0 unspecified atom stereocenters. The fourth-order valence-electron chi connectivity index (χ4n) is 5.36. The van der Waals surface area contributed by atoms with Gasteiger partial charge in [0.05, 0.1) is 5.92 Å². The first-order valence-corrected chi connectivity index (χ1v) is 10.1. The van der Waals surface area contributed by atoms with E-state index in [1.807, 2.05) is 32.9 Å². The van der Waals surface area contributed by atoms with Gasteiger partial charge < -0.3 is 0 Å². The zero-order chi connectivity index (χ0) is 20.1. The Bertz CT molecular complexity index is 1410. The monoisotopic (exact) mass is 376 g/mol. The Hall–Kier alpha value is -3.26. The lowest BCUT2D eigenvalue weighted by atomic mass is 9.68. The van der Waals surface area contributed by atoms with Crippen LogP contribution < -0.4 is 0 Å². The van der Waals surface area contributed by atoms with E-state index in [2.05, 4.69) is 48.5 Å². The van der Waals surface area contributed by atoms with E-state index in [0.29, 0.717) is 11.1 Å². The Morgan fingerprint density at radius 3 is 1.55 bits per heavy atom. The van der Waals surface area contributed by atoms with E-state index < -0.39 is 11.3 Å². The zero-order valence-corrected chi connectivity index (χ0v) is 16.7. The zero-order valence-electron chi connectivity index (χ0n) is 16.7. The highest BCUT2D eigenvalue weighted by atomic mass is 16.2. The van der Waals surface area contributed by atoms with Crippen molar-refractivity contribution in [3.8, 4) is 0 Å². The van der Waals surface area contributed by atoms with Gasteiger partial charge in [-0.15, -0.1) is 0 Å². The number of Topliss-reactive ketones (excluding diaryl/α,β-unsaturated/α-hetero) is 2. The Morgan fingerprint density at radius 2 is 1.07 bits per heavy atom. The summed E-state index contributed by atoms with van der Waals surface area (Å²) in [5, 5.41) is 8.89. The molecule has 0 atom stereocenters. The second-order valence-corrected chi connectivity index (χ2v) is 9.31. The molecule has 0 N–H and O–H groups in total. The van der Waals surface area contributed by atoms with Gasteiger partial charge in [-0.3, -0.25) is 9.59 Å². The van der Waals surface area contributed by atoms with Gasteiger partial charge in [-0.1, -0.05) is 81.4 Å². The minimum Gasteiger partial charge on any atom is -0.293 e. The van der Waals surface area contributed by atoms with Crippen LogP contribution in [0.5, 0.6) is 0 Å². The number of fused-ring (bicyclic) bond motifs is 2. The van der Waals surface area contributed by atoms with Gasteiger partial charge in [-0.2, -0.15) is 0 Å². The summed E-state index contributed by atoms with van der Waals surface area (Å²) in [7, 11) is 0. The summed E-state index contributed by atoms with van der Waals surface area (Å²) in [6, 6.07) is 20.7. The molecule has 0 spiro atoms. The van der Waals surface area contributed by atoms with Gasteiger partial charge in [-0.05, 0) is 43.1 Å². The molecule has 0 fully saturated rings. The van der Waals surface area contributed by atoms with E-state index >= 15 is 0 Å². The van der Waals surface area contributed by atoms with Gasteiger partial charge in [0.1, 0.15) is 0 Å². The highest BCUT2D eigenvalue weighted by Crippen LogP contribution is 2.46. The molecular weight excluding hydrogens is 356 g/mol. The maximum Gasteiger partial charge on any atom is 0.174 e. The van der Waals surface area contributed by atoms with Crippen LogP contribution in [0.4, 0.5) is 0 Å². The summed E-state index contributed by atoms with van der Waals surface area (Å²) in [5.74, 6) is -0.722. The van der Waals surface area contributed by atoms with Crippen LogP contribution in [0.3, 0.4) is 0 Å². The van der Waals surface area contributed by atoms with E-state index in [1.165, 1.54) is 21.5 Å². The molecule has 0 aromatic heterocycles. The quantitative estimate of drug-likeness (QED) is 0.170. The average Bonchev–Trinajstić information content (AvgIpc) is 2.69. The van der Waals surface area contributed by atoms with Crippen LogP contribution in [0.15, 0.2) is 60.7 Å². The summed E-state index contributed by atoms with van der Waals surface area (Å²) in [6.45, 7) is 5.91. The molecule has 6 rings (SSSR count). The lowest BCUT2D eigenvalue weighted by Crippen LogP contribution is -2.38. The lowest BCUT2D eigenvalue weighted by Gasteiger charge is -2.33. The van der Waals surface area contributed by atoms with E-state index in [-0.39, 0.29) is 11.6 Å². The van der Waals surface area contributed by atoms with Gasteiger partial charge in [-0.25, -0.2) is 0 Å². The maximum atomic E-state index is 13.4. The van der Waals surface area contributed by atoms with Crippen LogP contribution in [0.1, 0.15) is 41.5 Å². The number of carbonyl (C=O) groups excluding carboxylic acids is 2. The smallest absolute Gasteiger partial charge is 0.174 e. The number of hydrogen-bond donors (Lipinski definition) is 0. The molecule has 2 nitrogen and oxygen atoms in total. The summed E-state index contributed by atoms with van der Waals surface area (Å²) in [4.78, 5) is 26.8. The van der Waals surface area contributed by atoms with E-state index in [9.17, 15) is 9.59 Å². The van der Waals surface area contributed by atoms with E-state index in [0.717, 1.165) is 21.5 Å². The molecule has 0 aliphatic heterocycles. The molecule has 0 radical (unpaired) electrons. The summed E-state index contributed by atoms with van der Waals surface area (Å²) in [6.07, 6.45) is 0. The Kier molecular flexibility index (Phi) is 2.99. The highest BCUT2D eigenvalue weighted by molar-refractivity contribution is 6.39. The van der Waals surface area contributed by atoms with Crippen molar-refractivity contribution in [2.45, 2.75) is 20.8 Å². The molecule has 29 heavy (non-hydrogen) atoms. The predicted molar refractivity (Wildman–Crippen MR) is 119 cm³/mol. The fraction of sp³-hybridized carbons (Fsp3) is 0.185. The Morgan fingerprint density at radius 1 is 0.586 bits per heavy atom. The van der Waals surface area contributed by atoms with Crippen molar-refractivity contribution in [1.82, 2.24) is 0 Å². The average molecular weight is 376 g/mol. The van der Waals surface area contributed by atoms with Gasteiger partial charge in [0, 0.05) is 16.5 Å². The Labute approximate surface area is 168 Å². The third-order valence-corrected chi connectivity index (χ3v) is 6.57. The normalized spacial score (nSPS) is 15.4. The minimum atomic E-state index is -0.631. The van der Waals surface area contributed by atoms with Crippen LogP contribution >= 0.6 is 0 Å². The second-order valence-electron chi connectivity index (χ2n) is 9.31. The molecule has 0 amide bonds. The number of ketones is 2. The van der Waals surface area contributed by atoms with Crippen molar-refractivity contribution in [3.63, 3.8) is 0 Å². The van der Waals surface area contributed by atoms with Crippen molar-refractivity contribution in [3.05, 3.63) is 71.8 Å². The fourth-order valence-corrected chi connectivity index (χ4v) is 5.36. The molecule has 0 bridgehead atoms. The molecule has 0 heterocycles. The molecule has 5 aromatic carbocycles. The first kappa shape index (κ1) is 16.7. The molecule has 2 heteroatoms. The molecular formula is C27H20O2. The maximum absolute atomic E-state index is 13.4. The van der Waals surface area contributed by atoms with Crippen molar-refractivity contribution >= 4 is 54.7 Å². The van der Waals surface area contributed by atoms with E-state index in [4.69, 9.17) is 0 Å². The predicted octanol–water partition coefficient (Wildman–Crippen LogP) is 6.78. The third kappa shape index (κ3) is 1.96. The number of rotatable bonds is 0. The molecule has 1 aliphatic rings. The van der Waals surface area contributed by atoms with Crippen molar-refractivity contribution in [2.24, 2.45) is 11.3 Å². The third-order valence-electron chi connectivity index (χ3n) is 6.57. The molecule has 140 valence electrons. The van der Waals surface area contributed by atoms with Crippen LogP contribution in [0.25, 0.3) is 43.1 Å². The summed E-state index contributed by atoms with van der Waals surface area (Å²) < 4.78 is 0. The van der Waals surface area contributed by atoms with E-state index in [1.54, 1.807) is 0 Å². The molecule has 1 aliphatic carbocycles. The van der Waals surface area contributed by atoms with Gasteiger partial charge in [0.2, 0.25) is 0 Å². The van der Waals surface area contributed by atoms with Gasteiger partial charge in [0.25, 0.3) is 0 Å². The topological polar surface area (TPSA) is 34.1 Å². The van der Waals surface area contributed by atoms with Crippen molar-refractivity contribution < 1.29 is 9.59 Å². The minimum absolute atomic E-state index is 0.0456.